The van der Waals surface area contributed by atoms with Gasteiger partial charge >= 0.3 is 6.03 Å². The Labute approximate surface area is 155 Å². The predicted octanol–water partition coefficient (Wildman–Crippen LogP) is 3.84. The van der Waals surface area contributed by atoms with E-state index in [9.17, 15) is 9.59 Å². The van der Waals surface area contributed by atoms with Crippen molar-refractivity contribution in [3.8, 4) is 5.75 Å². The van der Waals surface area contributed by atoms with Crippen molar-refractivity contribution < 1.29 is 14.3 Å². The first kappa shape index (κ1) is 17.6. The fourth-order valence-electron chi connectivity index (χ4n) is 2.69. The highest BCUT2D eigenvalue weighted by atomic mass is 35.5. The molecule has 1 fully saturated rings. The molecule has 1 atom stereocenters. The van der Waals surface area contributed by atoms with E-state index >= 15 is 0 Å². The summed E-state index contributed by atoms with van der Waals surface area (Å²) in [6.07, 6.45) is 0. The van der Waals surface area contributed by atoms with Gasteiger partial charge in [-0.3, -0.25) is 9.69 Å². The highest BCUT2D eigenvalue weighted by molar-refractivity contribution is 6.30. The first-order chi connectivity index (χ1) is 11.9. The summed E-state index contributed by atoms with van der Waals surface area (Å²) in [7, 11) is 0. The molecular formula is C18H16Cl2N2O3. The minimum absolute atomic E-state index is 0.139. The molecule has 130 valence electrons. The number of rotatable bonds is 5. The van der Waals surface area contributed by atoms with Gasteiger partial charge in [-0.25, -0.2) is 4.79 Å². The van der Waals surface area contributed by atoms with Crippen molar-refractivity contribution >= 4 is 35.1 Å². The van der Waals surface area contributed by atoms with Gasteiger partial charge in [-0.15, -0.1) is 0 Å². The summed E-state index contributed by atoms with van der Waals surface area (Å²) < 4.78 is 5.56. The second kappa shape index (κ2) is 6.94. The molecule has 0 spiro atoms. The molecule has 0 saturated carbocycles. The fourth-order valence-corrected chi connectivity index (χ4v) is 3.00. The lowest BCUT2D eigenvalue weighted by molar-refractivity contribution is -0.131. The molecule has 0 aromatic heterocycles. The third kappa shape index (κ3) is 3.57. The van der Waals surface area contributed by atoms with Crippen molar-refractivity contribution in [3.05, 3.63) is 64.1 Å². The molecule has 0 radical (unpaired) electrons. The van der Waals surface area contributed by atoms with Crippen LogP contribution in [0, 0.1) is 0 Å². The average Bonchev–Trinajstić information content (AvgIpc) is 2.79. The molecule has 3 amide bonds. The first-order valence-corrected chi connectivity index (χ1v) is 8.44. The Bertz CT molecular complexity index is 810. The molecule has 0 aliphatic carbocycles. The van der Waals surface area contributed by atoms with Crippen molar-refractivity contribution in [1.82, 2.24) is 10.2 Å². The molecule has 0 bridgehead atoms. The molecule has 1 N–H and O–H groups in total. The number of benzene rings is 2. The molecular weight excluding hydrogens is 363 g/mol. The lowest BCUT2D eigenvalue weighted by atomic mass is 9.92. The first-order valence-electron chi connectivity index (χ1n) is 7.69. The van der Waals surface area contributed by atoms with Crippen LogP contribution in [0.4, 0.5) is 4.79 Å². The Balaban J connectivity index is 1.68. The number of halogens is 2. The van der Waals surface area contributed by atoms with Gasteiger partial charge in [-0.05, 0) is 42.8 Å². The number of amides is 3. The van der Waals surface area contributed by atoms with Gasteiger partial charge in [-0.1, -0.05) is 41.4 Å². The maximum atomic E-state index is 12.8. The predicted molar refractivity (Wildman–Crippen MR) is 96.0 cm³/mol. The topological polar surface area (TPSA) is 58.6 Å². The van der Waals surface area contributed by atoms with Crippen LogP contribution in [0.15, 0.2) is 48.5 Å². The number of carbonyl (C=O) groups is 2. The number of hydrogen-bond acceptors (Lipinski definition) is 3. The maximum Gasteiger partial charge on any atom is 0.325 e. The van der Waals surface area contributed by atoms with Gasteiger partial charge in [0.1, 0.15) is 17.9 Å². The van der Waals surface area contributed by atoms with Gasteiger partial charge < -0.3 is 10.1 Å². The van der Waals surface area contributed by atoms with Crippen LogP contribution in [0.5, 0.6) is 5.75 Å². The summed E-state index contributed by atoms with van der Waals surface area (Å²) >= 11 is 11.8. The van der Waals surface area contributed by atoms with Crippen molar-refractivity contribution in [1.29, 1.82) is 0 Å². The highest BCUT2D eigenvalue weighted by Gasteiger charge is 2.48. The standard InChI is InChI=1S/C18H16Cl2N2O3/c1-18(12-5-7-13(19)8-6-12)16(23)22(17(24)21-18)9-10-25-15-4-2-3-14(20)11-15/h2-8,11H,9-10H2,1H3,(H,21,24). The maximum absolute atomic E-state index is 12.8. The highest BCUT2D eigenvalue weighted by Crippen LogP contribution is 2.29. The molecule has 1 aliphatic rings. The van der Waals surface area contributed by atoms with E-state index < -0.39 is 11.6 Å². The minimum atomic E-state index is -1.11. The Morgan fingerprint density at radius 3 is 2.48 bits per heavy atom. The van der Waals surface area contributed by atoms with Gasteiger partial charge in [0.25, 0.3) is 5.91 Å². The fraction of sp³-hybridized carbons (Fsp3) is 0.222. The quantitative estimate of drug-likeness (QED) is 0.804. The molecule has 2 aromatic carbocycles. The molecule has 25 heavy (non-hydrogen) atoms. The normalized spacial score (nSPS) is 19.9. The lowest BCUT2D eigenvalue weighted by Crippen LogP contribution is -2.41. The molecule has 1 heterocycles. The summed E-state index contributed by atoms with van der Waals surface area (Å²) in [4.78, 5) is 26.1. The number of imide groups is 1. The Kier molecular flexibility index (Phi) is 4.88. The van der Waals surface area contributed by atoms with E-state index in [1.807, 2.05) is 0 Å². The van der Waals surface area contributed by atoms with Crippen LogP contribution in [0.25, 0.3) is 0 Å². The number of nitrogens with one attached hydrogen (secondary N) is 1. The molecule has 2 aromatic rings. The smallest absolute Gasteiger partial charge is 0.325 e. The van der Waals surface area contributed by atoms with Crippen molar-refractivity contribution in [2.45, 2.75) is 12.5 Å². The van der Waals surface area contributed by atoms with E-state index in [1.165, 1.54) is 0 Å². The van der Waals surface area contributed by atoms with Gasteiger partial charge in [-0.2, -0.15) is 0 Å². The summed E-state index contributed by atoms with van der Waals surface area (Å²) in [5.74, 6) is 0.259. The summed E-state index contributed by atoms with van der Waals surface area (Å²) in [6, 6.07) is 13.3. The monoisotopic (exact) mass is 378 g/mol. The van der Waals surface area contributed by atoms with Crippen LogP contribution in [-0.2, 0) is 10.3 Å². The van der Waals surface area contributed by atoms with Gasteiger partial charge in [0.2, 0.25) is 0 Å². The Morgan fingerprint density at radius 1 is 1.08 bits per heavy atom. The number of carbonyl (C=O) groups excluding carboxylic acids is 2. The van der Waals surface area contributed by atoms with Crippen LogP contribution in [0.3, 0.4) is 0 Å². The lowest BCUT2D eigenvalue weighted by Gasteiger charge is -2.22. The van der Waals surface area contributed by atoms with E-state index in [0.29, 0.717) is 21.4 Å². The van der Waals surface area contributed by atoms with Crippen LogP contribution >= 0.6 is 23.2 Å². The van der Waals surface area contributed by atoms with Gasteiger partial charge in [0, 0.05) is 10.0 Å². The average molecular weight is 379 g/mol. The largest absolute Gasteiger partial charge is 0.492 e. The third-order valence-electron chi connectivity index (χ3n) is 4.08. The molecule has 1 unspecified atom stereocenters. The second-order valence-electron chi connectivity index (χ2n) is 5.82. The third-order valence-corrected chi connectivity index (χ3v) is 4.56. The van der Waals surface area contributed by atoms with E-state index in [1.54, 1.807) is 55.5 Å². The van der Waals surface area contributed by atoms with Crippen molar-refractivity contribution in [3.63, 3.8) is 0 Å². The van der Waals surface area contributed by atoms with E-state index in [0.717, 1.165) is 4.90 Å². The number of nitrogens with zero attached hydrogens (tertiary/aromatic N) is 1. The van der Waals surface area contributed by atoms with Crippen molar-refractivity contribution in [2.75, 3.05) is 13.2 Å². The SMILES string of the molecule is CC1(c2ccc(Cl)cc2)NC(=O)N(CCOc2cccc(Cl)c2)C1=O. The molecule has 3 rings (SSSR count). The van der Waals surface area contributed by atoms with Crippen LogP contribution in [-0.4, -0.2) is 30.0 Å². The van der Waals surface area contributed by atoms with E-state index in [-0.39, 0.29) is 19.1 Å². The number of hydrogen-bond donors (Lipinski definition) is 1. The van der Waals surface area contributed by atoms with Gasteiger partial charge in [0.05, 0.1) is 6.54 Å². The second-order valence-corrected chi connectivity index (χ2v) is 6.70. The molecule has 1 saturated heterocycles. The van der Waals surface area contributed by atoms with E-state index in [4.69, 9.17) is 27.9 Å². The van der Waals surface area contributed by atoms with Crippen LogP contribution < -0.4 is 10.1 Å². The molecule has 5 nitrogen and oxygen atoms in total. The molecule has 1 aliphatic heterocycles. The zero-order chi connectivity index (χ0) is 18.0. The van der Waals surface area contributed by atoms with Gasteiger partial charge in [0.15, 0.2) is 0 Å². The zero-order valence-corrected chi connectivity index (χ0v) is 15.0. The molecule has 7 heteroatoms. The van der Waals surface area contributed by atoms with E-state index in [2.05, 4.69) is 5.32 Å². The summed E-state index contributed by atoms with van der Waals surface area (Å²) in [5.41, 5.74) is -0.439. The Hall–Kier alpha value is -2.24. The zero-order valence-electron chi connectivity index (χ0n) is 13.5. The Morgan fingerprint density at radius 2 is 1.80 bits per heavy atom. The summed E-state index contributed by atoms with van der Waals surface area (Å²) in [6.45, 7) is 1.99. The number of ether oxygens (including phenoxy) is 1. The summed E-state index contributed by atoms with van der Waals surface area (Å²) in [5, 5.41) is 3.87. The van der Waals surface area contributed by atoms with Crippen LogP contribution in [0.2, 0.25) is 10.0 Å². The van der Waals surface area contributed by atoms with Crippen LogP contribution in [0.1, 0.15) is 12.5 Å². The van der Waals surface area contributed by atoms with Crippen molar-refractivity contribution in [2.24, 2.45) is 0 Å². The minimum Gasteiger partial charge on any atom is -0.492 e. The number of urea groups is 1.